The molecule has 146 valence electrons. The number of tetrazole rings is 1. The Kier molecular flexibility index (Phi) is 5.21. The Hall–Kier alpha value is -3.56. The second-order valence-electron chi connectivity index (χ2n) is 6.84. The number of nitrogens with two attached hydrogens (primary N) is 1. The number of nitrogen functional groups attached to an aromatic ring is 1. The summed E-state index contributed by atoms with van der Waals surface area (Å²) in [4.78, 5) is 38.7. The molecule has 3 aromatic rings. The number of Topliss-reactive ketones (excluding diaryl/α,β-unsaturated/α-hetero) is 1. The van der Waals surface area contributed by atoms with Crippen molar-refractivity contribution in [2.24, 2.45) is 13.0 Å². The summed E-state index contributed by atoms with van der Waals surface area (Å²) >= 11 is 0. The van der Waals surface area contributed by atoms with Crippen molar-refractivity contribution in [3.63, 3.8) is 0 Å². The molecule has 10 nitrogen and oxygen atoms in total. The molecular weight excluding hydrogens is 362 g/mol. The Labute approximate surface area is 160 Å². The van der Waals surface area contributed by atoms with Crippen molar-refractivity contribution in [2.75, 3.05) is 5.73 Å². The minimum absolute atomic E-state index is 0.103. The largest absolute Gasteiger partial charge is 0.384 e. The van der Waals surface area contributed by atoms with E-state index in [1.54, 1.807) is 0 Å². The van der Waals surface area contributed by atoms with E-state index >= 15 is 0 Å². The smallest absolute Gasteiger partial charge is 0.332 e. The lowest BCUT2D eigenvalue weighted by Crippen LogP contribution is -2.43. The standard InChI is InChI=1S/C18H21N7O3/c1-11(2)9-24-15(19)14(17(27)23(3)18(24)28)13(26)10-25-21-16(20-22-25)12-7-5-4-6-8-12/h4-8,11H,9-10,19H2,1-3H3. The number of rotatable bonds is 6. The average molecular weight is 383 g/mol. The summed E-state index contributed by atoms with van der Waals surface area (Å²) in [5.74, 6) is -0.271. The maximum absolute atomic E-state index is 12.8. The van der Waals surface area contributed by atoms with Gasteiger partial charge in [0.25, 0.3) is 5.56 Å². The van der Waals surface area contributed by atoms with Gasteiger partial charge in [-0.05, 0) is 11.1 Å². The first-order valence-corrected chi connectivity index (χ1v) is 8.75. The normalized spacial score (nSPS) is 11.1. The zero-order valence-corrected chi connectivity index (χ0v) is 15.9. The number of ketones is 1. The molecule has 0 aliphatic rings. The Bertz CT molecular complexity index is 1130. The van der Waals surface area contributed by atoms with Crippen LogP contribution in [0, 0.1) is 5.92 Å². The molecule has 10 heteroatoms. The highest BCUT2D eigenvalue weighted by molar-refractivity contribution is 5.99. The van der Waals surface area contributed by atoms with Crippen molar-refractivity contribution in [3.05, 3.63) is 56.7 Å². The highest BCUT2D eigenvalue weighted by atomic mass is 16.2. The maximum atomic E-state index is 12.8. The molecule has 0 atom stereocenters. The summed E-state index contributed by atoms with van der Waals surface area (Å²) in [6.07, 6.45) is 0. The third-order valence-corrected chi connectivity index (χ3v) is 4.18. The van der Waals surface area contributed by atoms with Crippen LogP contribution in [0.25, 0.3) is 11.4 Å². The fourth-order valence-corrected chi connectivity index (χ4v) is 2.81. The maximum Gasteiger partial charge on any atom is 0.332 e. The summed E-state index contributed by atoms with van der Waals surface area (Å²) in [5, 5.41) is 12.0. The zero-order chi connectivity index (χ0) is 20.4. The molecule has 2 aromatic heterocycles. The second-order valence-corrected chi connectivity index (χ2v) is 6.84. The number of carbonyl (C=O) groups excluding carboxylic acids is 1. The van der Waals surface area contributed by atoms with E-state index in [9.17, 15) is 14.4 Å². The van der Waals surface area contributed by atoms with Crippen LogP contribution in [-0.4, -0.2) is 35.1 Å². The van der Waals surface area contributed by atoms with Gasteiger partial charge in [0.15, 0.2) is 5.78 Å². The third kappa shape index (κ3) is 3.61. The van der Waals surface area contributed by atoms with Gasteiger partial charge in [-0.3, -0.25) is 18.7 Å². The van der Waals surface area contributed by atoms with E-state index in [1.807, 2.05) is 44.2 Å². The van der Waals surface area contributed by atoms with Crippen LogP contribution < -0.4 is 17.0 Å². The molecular formula is C18H21N7O3. The summed E-state index contributed by atoms with van der Waals surface area (Å²) in [6, 6.07) is 9.17. The van der Waals surface area contributed by atoms with Crippen LogP contribution in [-0.2, 0) is 20.1 Å². The lowest BCUT2D eigenvalue weighted by Gasteiger charge is -2.15. The van der Waals surface area contributed by atoms with Crippen LogP contribution in [0.15, 0.2) is 39.9 Å². The summed E-state index contributed by atoms with van der Waals surface area (Å²) in [6.45, 7) is 3.78. The fraction of sp³-hybridized carbons (Fsp3) is 0.333. The Balaban J connectivity index is 1.95. The number of hydrogen-bond acceptors (Lipinski definition) is 7. The lowest BCUT2D eigenvalue weighted by atomic mass is 10.1. The monoisotopic (exact) mass is 383 g/mol. The molecule has 0 radical (unpaired) electrons. The van der Waals surface area contributed by atoms with Gasteiger partial charge in [-0.2, -0.15) is 4.80 Å². The van der Waals surface area contributed by atoms with E-state index in [1.165, 1.54) is 11.6 Å². The number of carbonyl (C=O) groups is 1. The van der Waals surface area contributed by atoms with E-state index in [2.05, 4.69) is 15.4 Å². The van der Waals surface area contributed by atoms with Crippen LogP contribution in [0.1, 0.15) is 24.2 Å². The van der Waals surface area contributed by atoms with Crippen molar-refractivity contribution in [1.82, 2.24) is 29.3 Å². The molecule has 0 aliphatic carbocycles. The predicted octanol–water partition coefficient (Wildman–Crippen LogP) is 0.322. The fourth-order valence-electron chi connectivity index (χ4n) is 2.81. The van der Waals surface area contributed by atoms with Crippen molar-refractivity contribution in [2.45, 2.75) is 26.9 Å². The number of aromatic nitrogens is 6. The van der Waals surface area contributed by atoms with Gasteiger partial charge in [-0.1, -0.05) is 44.2 Å². The van der Waals surface area contributed by atoms with E-state index in [4.69, 9.17) is 5.73 Å². The van der Waals surface area contributed by atoms with Crippen LogP contribution in [0.3, 0.4) is 0 Å². The molecule has 2 N–H and O–H groups in total. The molecule has 0 amide bonds. The molecule has 0 unspecified atom stereocenters. The number of nitrogens with zero attached hydrogens (tertiary/aromatic N) is 6. The van der Waals surface area contributed by atoms with Crippen LogP contribution in [0.4, 0.5) is 5.82 Å². The van der Waals surface area contributed by atoms with Gasteiger partial charge in [0.2, 0.25) is 5.82 Å². The second kappa shape index (κ2) is 7.59. The van der Waals surface area contributed by atoms with Crippen molar-refractivity contribution in [1.29, 1.82) is 0 Å². The van der Waals surface area contributed by atoms with E-state index in [0.717, 1.165) is 14.9 Å². The van der Waals surface area contributed by atoms with E-state index < -0.39 is 17.0 Å². The van der Waals surface area contributed by atoms with Gasteiger partial charge in [-0.15, -0.1) is 10.2 Å². The SMILES string of the molecule is CC(C)Cn1c(N)c(C(=O)Cn2nnc(-c3ccccc3)n2)c(=O)n(C)c1=O. The predicted molar refractivity (Wildman–Crippen MR) is 103 cm³/mol. The Morgan fingerprint density at radius 3 is 2.50 bits per heavy atom. The molecule has 0 spiro atoms. The first-order chi connectivity index (χ1) is 13.3. The summed E-state index contributed by atoms with van der Waals surface area (Å²) in [5.41, 5.74) is 5.22. The van der Waals surface area contributed by atoms with Gasteiger partial charge in [0.05, 0.1) is 0 Å². The minimum Gasteiger partial charge on any atom is -0.384 e. The van der Waals surface area contributed by atoms with E-state index in [0.29, 0.717) is 12.4 Å². The first-order valence-electron chi connectivity index (χ1n) is 8.75. The van der Waals surface area contributed by atoms with Gasteiger partial charge in [0, 0.05) is 19.2 Å². The molecule has 0 aliphatic heterocycles. The molecule has 2 heterocycles. The van der Waals surface area contributed by atoms with Crippen LogP contribution >= 0.6 is 0 Å². The minimum atomic E-state index is -0.740. The van der Waals surface area contributed by atoms with Gasteiger partial charge < -0.3 is 5.73 Å². The number of benzene rings is 1. The highest BCUT2D eigenvalue weighted by Gasteiger charge is 2.23. The third-order valence-electron chi connectivity index (χ3n) is 4.18. The van der Waals surface area contributed by atoms with Crippen LogP contribution in [0.5, 0.6) is 0 Å². The number of hydrogen-bond donors (Lipinski definition) is 1. The molecule has 0 saturated carbocycles. The van der Waals surface area contributed by atoms with Gasteiger partial charge in [0.1, 0.15) is 17.9 Å². The van der Waals surface area contributed by atoms with E-state index in [-0.39, 0.29) is 23.8 Å². The highest BCUT2D eigenvalue weighted by Crippen LogP contribution is 2.13. The molecule has 28 heavy (non-hydrogen) atoms. The summed E-state index contributed by atoms with van der Waals surface area (Å²) < 4.78 is 2.12. The first kappa shape index (κ1) is 19.2. The van der Waals surface area contributed by atoms with Gasteiger partial charge in [-0.25, -0.2) is 4.79 Å². The molecule has 0 bridgehead atoms. The Morgan fingerprint density at radius 1 is 1.18 bits per heavy atom. The lowest BCUT2D eigenvalue weighted by molar-refractivity contribution is 0.0959. The molecule has 3 rings (SSSR count). The quantitative estimate of drug-likeness (QED) is 0.607. The topological polar surface area (TPSA) is 131 Å². The van der Waals surface area contributed by atoms with Crippen molar-refractivity contribution >= 4 is 11.6 Å². The van der Waals surface area contributed by atoms with Crippen molar-refractivity contribution in [3.8, 4) is 11.4 Å². The Morgan fingerprint density at radius 2 is 1.86 bits per heavy atom. The molecule has 0 fully saturated rings. The number of anilines is 1. The van der Waals surface area contributed by atoms with Crippen molar-refractivity contribution < 1.29 is 4.79 Å². The summed E-state index contributed by atoms with van der Waals surface area (Å²) in [7, 11) is 1.32. The van der Waals surface area contributed by atoms with Crippen LogP contribution in [0.2, 0.25) is 0 Å². The zero-order valence-electron chi connectivity index (χ0n) is 15.9. The molecule has 1 aromatic carbocycles. The molecule has 0 saturated heterocycles. The van der Waals surface area contributed by atoms with Gasteiger partial charge >= 0.3 is 5.69 Å². The average Bonchev–Trinajstić information content (AvgIpc) is 3.12.